The van der Waals surface area contributed by atoms with Crippen molar-refractivity contribution in [2.24, 2.45) is 0 Å². The average Bonchev–Trinajstić information content (AvgIpc) is 3.62. The van der Waals surface area contributed by atoms with Crippen LogP contribution in [0.3, 0.4) is 0 Å². The third-order valence-electron chi connectivity index (χ3n) is 11.3. The van der Waals surface area contributed by atoms with Gasteiger partial charge in [-0.2, -0.15) is 15.8 Å². The summed E-state index contributed by atoms with van der Waals surface area (Å²) in [6.45, 7) is 0. The van der Waals surface area contributed by atoms with Crippen molar-refractivity contribution in [2.75, 3.05) is 4.90 Å². The first kappa shape index (κ1) is 33.4. The van der Waals surface area contributed by atoms with Crippen LogP contribution in [0.2, 0.25) is 0 Å². The standard InChI is InChI=1S/C52H31N5/c53-32-35-27-37(33-54)51(38(28-35)34-55)36-29-41(56-47-23-11-7-19-43(47)44-20-8-12-24-48(44)56)31-42(30-36)57-49-25-13-9-21-45(49)52(39-15-3-1-4-16-39,40-17-5-2-6-18-40)46-22-10-14-26-50(46)57/h1-31H. The molecule has 5 heteroatoms. The minimum atomic E-state index is -0.644. The summed E-state index contributed by atoms with van der Waals surface area (Å²) in [6, 6.07) is 71.7. The minimum Gasteiger partial charge on any atom is -0.310 e. The van der Waals surface area contributed by atoms with Gasteiger partial charge in [-0.25, -0.2) is 0 Å². The van der Waals surface area contributed by atoms with Crippen LogP contribution in [0.1, 0.15) is 38.9 Å². The Morgan fingerprint density at radius 3 is 1.39 bits per heavy atom. The largest absolute Gasteiger partial charge is 0.310 e. The summed E-state index contributed by atoms with van der Waals surface area (Å²) in [5.74, 6) is 0. The average molecular weight is 726 g/mol. The zero-order valence-electron chi connectivity index (χ0n) is 30.6. The van der Waals surface area contributed by atoms with Crippen LogP contribution in [0.25, 0.3) is 38.6 Å². The molecule has 0 unspecified atom stereocenters. The van der Waals surface area contributed by atoms with Crippen LogP contribution in [-0.2, 0) is 5.41 Å². The lowest BCUT2D eigenvalue weighted by molar-refractivity contribution is 0.731. The second-order valence-corrected chi connectivity index (χ2v) is 14.2. The maximum absolute atomic E-state index is 10.5. The molecule has 0 amide bonds. The van der Waals surface area contributed by atoms with E-state index in [1.54, 1.807) is 12.1 Å². The SMILES string of the molecule is N#Cc1cc(C#N)c(-c2cc(N3c4ccccc4C(c4ccccc4)(c4ccccc4)c4ccccc43)cc(-n3c4ccccc4c4ccccc43)c2)c(C#N)c1. The van der Waals surface area contributed by atoms with E-state index in [0.717, 1.165) is 66.8 Å². The van der Waals surface area contributed by atoms with E-state index < -0.39 is 5.41 Å². The molecule has 264 valence electrons. The molecule has 0 radical (unpaired) electrons. The van der Waals surface area contributed by atoms with Crippen LogP contribution in [-0.4, -0.2) is 4.57 Å². The Labute approximate surface area is 330 Å². The van der Waals surface area contributed by atoms with Crippen molar-refractivity contribution >= 4 is 38.9 Å². The highest BCUT2D eigenvalue weighted by Crippen LogP contribution is 2.58. The summed E-state index contributed by atoms with van der Waals surface area (Å²) < 4.78 is 2.26. The van der Waals surface area contributed by atoms with E-state index in [1.165, 1.54) is 0 Å². The molecule has 2 heterocycles. The van der Waals surface area contributed by atoms with Gasteiger partial charge in [-0.05, 0) is 82.4 Å². The molecule has 0 atom stereocenters. The third-order valence-corrected chi connectivity index (χ3v) is 11.3. The number of hydrogen-bond acceptors (Lipinski definition) is 4. The molecule has 1 aliphatic heterocycles. The lowest BCUT2D eigenvalue weighted by atomic mass is 9.62. The lowest BCUT2D eigenvalue weighted by Crippen LogP contribution is -2.37. The number of hydrogen-bond donors (Lipinski definition) is 0. The Hall–Kier alpha value is -8.17. The molecule has 1 aliphatic rings. The van der Waals surface area contributed by atoms with Crippen LogP contribution in [0.5, 0.6) is 0 Å². The van der Waals surface area contributed by atoms with Crippen molar-refractivity contribution < 1.29 is 0 Å². The van der Waals surface area contributed by atoms with E-state index in [0.29, 0.717) is 11.1 Å². The van der Waals surface area contributed by atoms with Gasteiger partial charge >= 0.3 is 0 Å². The highest BCUT2D eigenvalue weighted by Gasteiger charge is 2.46. The molecule has 5 nitrogen and oxygen atoms in total. The Morgan fingerprint density at radius 1 is 0.421 bits per heavy atom. The maximum atomic E-state index is 10.5. The molecule has 1 aromatic heterocycles. The summed E-state index contributed by atoms with van der Waals surface area (Å²) in [7, 11) is 0. The number of benzene rings is 8. The van der Waals surface area contributed by atoms with Crippen LogP contribution in [0.15, 0.2) is 188 Å². The second kappa shape index (κ2) is 13.3. The second-order valence-electron chi connectivity index (χ2n) is 14.2. The smallest absolute Gasteiger partial charge is 0.0999 e. The molecule has 0 saturated carbocycles. The monoisotopic (exact) mass is 725 g/mol. The van der Waals surface area contributed by atoms with Gasteiger partial charge in [0.15, 0.2) is 0 Å². The summed E-state index contributed by atoms with van der Waals surface area (Å²) in [5, 5.41) is 33.1. The number of nitrogens with zero attached hydrogens (tertiary/aromatic N) is 5. The molecule has 0 saturated heterocycles. The van der Waals surface area contributed by atoms with Gasteiger partial charge in [0.25, 0.3) is 0 Å². The summed E-state index contributed by atoms with van der Waals surface area (Å²) >= 11 is 0. The van der Waals surface area contributed by atoms with E-state index >= 15 is 0 Å². The molecular formula is C52H31N5. The first-order chi connectivity index (χ1) is 28.1. The van der Waals surface area contributed by atoms with Gasteiger partial charge < -0.3 is 9.47 Å². The van der Waals surface area contributed by atoms with Crippen LogP contribution >= 0.6 is 0 Å². The zero-order chi connectivity index (χ0) is 38.5. The fourth-order valence-electron chi connectivity index (χ4n) is 9.08. The number of para-hydroxylation sites is 4. The predicted molar refractivity (Wildman–Crippen MR) is 227 cm³/mol. The van der Waals surface area contributed by atoms with Crippen molar-refractivity contribution in [3.05, 3.63) is 227 Å². The van der Waals surface area contributed by atoms with Gasteiger partial charge in [0.1, 0.15) is 0 Å². The normalized spacial score (nSPS) is 12.6. The van der Waals surface area contributed by atoms with Gasteiger partial charge in [0, 0.05) is 27.7 Å². The van der Waals surface area contributed by atoms with E-state index in [9.17, 15) is 15.8 Å². The van der Waals surface area contributed by atoms with Crippen molar-refractivity contribution in [1.82, 2.24) is 4.57 Å². The summed E-state index contributed by atoms with van der Waals surface area (Å²) in [6.07, 6.45) is 0. The number of anilines is 3. The molecular weight excluding hydrogens is 695 g/mol. The molecule has 57 heavy (non-hydrogen) atoms. The number of rotatable bonds is 5. The first-order valence-electron chi connectivity index (χ1n) is 18.8. The molecule has 8 aromatic carbocycles. The quantitative estimate of drug-likeness (QED) is 0.177. The number of aromatic nitrogens is 1. The fraction of sp³-hybridized carbons (Fsp3) is 0.0192. The van der Waals surface area contributed by atoms with Crippen LogP contribution in [0, 0.1) is 34.0 Å². The van der Waals surface area contributed by atoms with E-state index in [-0.39, 0.29) is 16.7 Å². The van der Waals surface area contributed by atoms with Crippen LogP contribution < -0.4 is 4.90 Å². The first-order valence-corrected chi connectivity index (χ1v) is 18.8. The molecule has 0 fully saturated rings. The summed E-state index contributed by atoms with van der Waals surface area (Å²) in [5.41, 5.74) is 11.7. The van der Waals surface area contributed by atoms with Crippen molar-refractivity contribution in [1.29, 1.82) is 15.8 Å². The molecule has 0 aliphatic carbocycles. The highest BCUT2D eigenvalue weighted by atomic mass is 15.2. The molecule has 9 aromatic rings. The Balaban J connectivity index is 1.33. The molecule has 10 rings (SSSR count). The maximum Gasteiger partial charge on any atom is 0.0999 e. The highest BCUT2D eigenvalue weighted by molar-refractivity contribution is 6.09. The predicted octanol–water partition coefficient (Wildman–Crippen LogP) is 12.2. The Morgan fingerprint density at radius 2 is 0.877 bits per heavy atom. The van der Waals surface area contributed by atoms with Gasteiger partial charge in [-0.1, -0.05) is 133 Å². The van der Waals surface area contributed by atoms with E-state index in [1.807, 2.05) is 0 Å². The fourth-order valence-corrected chi connectivity index (χ4v) is 9.08. The van der Waals surface area contributed by atoms with E-state index in [2.05, 4.69) is 204 Å². The van der Waals surface area contributed by atoms with Crippen molar-refractivity contribution in [3.8, 4) is 35.0 Å². The van der Waals surface area contributed by atoms with Gasteiger partial charge in [0.05, 0.1) is 62.7 Å². The molecule has 0 bridgehead atoms. The van der Waals surface area contributed by atoms with Gasteiger partial charge in [-0.3, -0.25) is 0 Å². The number of nitriles is 3. The zero-order valence-corrected chi connectivity index (χ0v) is 30.6. The van der Waals surface area contributed by atoms with Gasteiger partial charge in [0.2, 0.25) is 0 Å². The minimum absolute atomic E-state index is 0.266. The molecule has 0 spiro atoms. The third kappa shape index (κ3) is 4.99. The Kier molecular flexibility index (Phi) is 7.79. The van der Waals surface area contributed by atoms with Crippen molar-refractivity contribution in [2.45, 2.75) is 5.41 Å². The van der Waals surface area contributed by atoms with E-state index in [4.69, 9.17) is 0 Å². The lowest BCUT2D eigenvalue weighted by Gasteiger charge is -2.46. The molecule has 0 N–H and O–H groups in total. The summed E-state index contributed by atoms with van der Waals surface area (Å²) in [4.78, 5) is 2.32. The van der Waals surface area contributed by atoms with Gasteiger partial charge in [-0.15, -0.1) is 0 Å². The topological polar surface area (TPSA) is 79.5 Å². The number of fused-ring (bicyclic) bond motifs is 5. The Bertz CT molecular complexity index is 3000. The van der Waals surface area contributed by atoms with Crippen LogP contribution in [0.4, 0.5) is 17.1 Å². The van der Waals surface area contributed by atoms with Crippen molar-refractivity contribution in [3.63, 3.8) is 0 Å².